The number of hydrogen-bond donors (Lipinski definition) is 2. The summed E-state index contributed by atoms with van der Waals surface area (Å²) in [7, 11) is 0. The van der Waals surface area contributed by atoms with E-state index in [-0.39, 0.29) is 5.91 Å². The number of thiophene rings is 1. The number of halogens is 1. The molecule has 5 heteroatoms. The maximum atomic E-state index is 11.9. The monoisotopic (exact) mass is 350 g/mol. The molecule has 1 aromatic heterocycles. The van der Waals surface area contributed by atoms with Crippen LogP contribution in [0.1, 0.15) is 29.6 Å². The van der Waals surface area contributed by atoms with Crippen molar-refractivity contribution in [3.63, 3.8) is 0 Å². The predicted octanol–water partition coefficient (Wildman–Crippen LogP) is 2.22. The molecule has 2 heterocycles. The molecule has 0 aliphatic carbocycles. The third-order valence-electron chi connectivity index (χ3n) is 2.74. The molecule has 2 N–H and O–H groups in total. The van der Waals surface area contributed by atoms with E-state index < -0.39 is 0 Å². The fourth-order valence-corrected chi connectivity index (χ4v) is 3.19. The van der Waals surface area contributed by atoms with Crippen molar-refractivity contribution in [2.24, 2.45) is 0 Å². The smallest absolute Gasteiger partial charge is 0.252 e. The lowest BCUT2D eigenvalue weighted by Gasteiger charge is -2.15. The van der Waals surface area contributed by atoms with Crippen molar-refractivity contribution in [2.45, 2.75) is 25.3 Å². The molecule has 0 bridgehead atoms. The normalized spacial score (nSPS) is 21.4. The molecule has 1 saturated heterocycles. The Morgan fingerprint density at radius 2 is 2.38 bits per heavy atom. The van der Waals surface area contributed by atoms with Gasteiger partial charge in [0.25, 0.3) is 5.91 Å². The van der Waals surface area contributed by atoms with Gasteiger partial charge in [-0.3, -0.25) is 4.79 Å². The van der Waals surface area contributed by atoms with E-state index in [2.05, 4.69) is 33.2 Å². The number of hydrogen-bond acceptors (Lipinski definition) is 3. The van der Waals surface area contributed by atoms with Gasteiger partial charge in [0.1, 0.15) is 0 Å². The summed E-state index contributed by atoms with van der Waals surface area (Å²) in [6.07, 6.45) is 3.26. The van der Waals surface area contributed by atoms with Crippen LogP contribution >= 0.6 is 33.9 Å². The lowest BCUT2D eigenvalue weighted by molar-refractivity contribution is 0.0934. The van der Waals surface area contributed by atoms with Crippen LogP contribution < -0.4 is 10.6 Å². The molecule has 0 saturated carbocycles. The molecule has 0 spiro atoms. The predicted molar refractivity (Wildman–Crippen MR) is 75.0 cm³/mol. The molecule has 1 atom stereocenters. The molecule has 3 nitrogen and oxygen atoms in total. The summed E-state index contributed by atoms with van der Waals surface area (Å²) < 4.78 is 1.16. The maximum absolute atomic E-state index is 11.9. The minimum Gasteiger partial charge on any atom is -0.349 e. The van der Waals surface area contributed by atoms with Gasteiger partial charge in [-0.25, -0.2) is 0 Å². The van der Waals surface area contributed by atoms with Crippen molar-refractivity contribution in [3.05, 3.63) is 19.9 Å². The van der Waals surface area contributed by atoms with Crippen LogP contribution in [0.25, 0.3) is 0 Å². The first kappa shape index (κ1) is 12.3. The second-order valence-electron chi connectivity index (χ2n) is 3.99. The first-order chi connectivity index (χ1) is 7.75. The molecular formula is C11H15IN2OS. The minimum atomic E-state index is 0.0751. The molecule has 1 fully saturated rings. The van der Waals surface area contributed by atoms with Gasteiger partial charge in [-0.1, -0.05) is 0 Å². The highest BCUT2D eigenvalue weighted by Crippen LogP contribution is 2.17. The molecule has 1 unspecified atom stereocenters. The van der Waals surface area contributed by atoms with Crippen LogP contribution in [0.2, 0.25) is 0 Å². The summed E-state index contributed by atoms with van der Waals surface area (Å²) >= 11 is 3.85. The summed E-state index contributed by atoms with van der Waals surface area (Å²) in [6.45, 7) is 2.08. The summed E-state index contributed by atoms with van der Waals surface area (Å²) in [5.41, 5.74) is 0.798. The van der Waals surface area contributed by atoms with E-state index in [9.17, 15) is 4.79 Å². The molecule has 16 heavy (non-hydrogen) atoms. The number of carbonyl (C=O) groups excluding carboxylic acids is 1. The molecular weight excluding hydrogens is 335 g/mol. The zero-order valence-electron chi connectivity index (χ0n) is 8.96. The summed E-state index contributed by atoms with van der Waals surface area (Å²) in [5.74, 6) is 0.0751. The van der Waals surface area contributed by atoms with Gasteiger partial charge in [0, 0.05) is 11.4 Å². The van der Waals surface area contributed by atoms with E-state index in [0.29, 0.717) is 6.04 Å². The third-order valence-corrected chi connectivity index (χ3v) is 4.53. The quantitative estimate of drug-likeness (QED) is 0.804. The van der Waals surface area contributed by atoms with Crippen LogP contribution in [0.3, 0.4) is 0 Å². The van der Waals surface area contributed by atoms with E-state index in [4.69, 9.17) is 0 Å². The van der Waals surface area contributed by atoms with E-state index in [1.807, 2.05) is 11.4 Å². The Hall–Kier alpha value is -0.140. The molecule has 1 aliphatic heterocycles. The Morgan fingerprint density at radius 1 is 1.50 bits per heavy atom. The van der Waals surface area contributed by atoms with Gasteiger partial charge < -0.3 is 10.6 Å². The zero-order valence-corrected chi connectivity index (χ0v) is 11.9. The highest BCUT2D eigenvalue weighted by atomic mass is 127. The average molecular weight is 350 g/mol. The Labute approximate surface area is 113 Å². The van der Waals surface area contributed by atoms with Crippen LogP contribution in [-0.2, 0) is 0 Å². The summed E-state index contributed by atoms with van der Waals surface area (Å²) in [4.78, 5) is 11.9. The van der Waals surface area contributed by atoms with Crippen molar-refractivity contribution in [2.75, 3.05) is 13.1 Å². The standard InChI is InChI=1S/C11H15IN2OS/c12-10-6-8(7-16-10)11(15)14-9-2-1-4-13-5-3-9/h6-7,9,13H,1-5H2,(H,14,15). The maximum Gasteiger partial charge on any atom is 0.252 e. The van der Waals surface area contributed by atoms with E-state index in [1.165, 1.54) is 0 Å². The van der Waals surface area contributed by atoms with Crippen molar-refractivity contribution in [1.82, 2.24) is 10.6 Å². The number of amides is 1. The molecule has 1 aliphatic rings. The topological polar surface area (TPSA) is 41.1 Å². The molecule has 0 radical (unpaired) electrons. The van der Waals surface area contributed by atoms with Gasteiger partial charge in [-0.15, -0.1) is 11.3 Å². The van der Waals surface area contributed by atoms with Crippen molar-refractivity contribution in [3.8, 4) is 0 Å². The highest BCUT2D eigenvalue weighted by molar-refractivity contribution is 14.1. The van der Waals surface area contributed by atoms with E-state index >= 15 is 0 Å². The summed E-state index contributed by atoms with van der Waals surface area (Å²) in [5, 5.41) is 8.38. The second-order valence-corrected chi connectivity index (χ2v) is 6.80. The summed E-state index contributed by atoms with van der Waals surface area (Å²) in [6, 6.07) is 2.27. The Morgan fingerprint density at radius 3 is 3.12 bits per heavy atom. The minimum absolute atomic E-state index is 0.0751. The van der Waals surface area contributed by atoms with Gasteiger partial charge in [0.05, 0.1) is 8.45 Å². The first-order valence-electron chi connectivity index (χ1n) is 5.51. The van der Waals surface area contributed by atoms with Crippen LogP contribution in [0.4, 0.5) is 0 Å². The van der Waals surface area contributed by atoms with Crippen molar-refractivity contribution < 1.29 is 4.79 Å². The molecule has 0 aromatic carbocycles. The Balaban J connectivity index is 1.90. The van der Waals surface area contributed by atoms with Crippen LogP contribution in [0, 0.1) is 2.88 Å². The highest BCUT2D eigenvalue weighted by Gasteiger charge is 2.16. The third kappa shape index (κ3) is 3.43. The van der Waals surface area contributed by atoms with Gasteiger partial charge in [0.2, 0.25) is 0 Å². The average Bonchev–Trinajstić information content (AvgIpc) is 2.54. The Bertz CT molecular complexity index is 359. The van der Waals surface area contributed by atoms with Crippen molar-refractivity contribution >= 4 is 39.8 Å². The van der Waals surface area contributed by atoms with Crippen LogP contribution in [0.15, 0.2) is 11.4 Å². The van der Waals surface area contributed by atoms with Gasteiger partial charge in [-0.05, 0) is 61.0 Å². The first-order valence-corrected chi connectivity index (χ1v) is 7.47. The van der Waals surface area contributed by atoms with Crippen molar-refractivity contribution in [1.29, 1.82) is 0 Å². The van der Waals surface area contributed by atoms with Gasteiger partial charge in [-0.2, -0.15) is 0 Å². The molecule has 1 amide bonds. The fourth-order valence-electron chi connectivity index (χ4n) is 1.86. The lowest BCUT2D eigenvalue weighted by Crippen LogP contribution is -2.35. The van der Waals surface area contributed by atoms with Gasteiger partial charge >= 0.3 is 0 Å². The Kier molecular flexibility index (Phi) is 4.60. The van der Waals surface area contributed by atoms with Gasteiger partial charge in [0.15, 0.2) is 0 Å². The van der Waals surface area contributed by atoms with E-state index in [0.717, 1.165) is 40.8 Å². The van der Waals surface area contributed by atoms with E-state index in [1.54, 1.807) is 11.3 Å². The lowest BCUT2D eigenvalue weighted by atomic mass is 10.1. The zero-order chi connectivity index (χ0) is 11.4. The SMILES string of the molecule is O=C(NC1CCCNCC1)c1csc(I)c1. The molecule has 1 aromatic rings. The molecule has 2 rings (SSSR count). The number of rotatable bonds is 2. The molecule has 88 valence electrons. The fraction of sp³-hybridized carbons (Fsp3) is 0.545. The number of carbonyl (C=O) groups is 1. The largest absolute Gasteiger partial charge is 0.349 e. The van der Waals surface area contributed by atoms with Crippen LogP contribution in [-0.4, -0.2) is 25.0 Å². The second kappa shape index (κ2) is 5.97. The number of nitrogens with one attached hydrogen (secondary N) is 2. The van der Waals surface area contributed by atoms with Crippen LogP contribution in [0.5, 0.6) is 0 Å².